The van der Waals surface area contributed by atoms with Crippen molar-refractivity contribution in [2.45, 2.75) is 32.6 Å². The molecule has 67 valence electrons. The minimum atomic E-state index is 0. The molecule has 0 aliphatic carbocycles. The van der Waals surface area contributed by atoms with E-state index in [0.717, 1.165) is 6.42 Å². The SMILES string of the molecule is CCCCC/C=C\C=C\CO.[Ac]. The van der Waals surface area contributed by atoms with E-state index in [2.05, 4.69) is 13.0 Å². The summed E-state index contributed by atoms with van der Waals surface area (Å²) >= 11 is 0. The largest absolute Gasteiger partial charge is 0.392 e. The Morgan fingerprint density at radius 1 is 1.08 bits per heavy atom. The first kappa shape index (κ1) is 15.4. The maximum Gasteiger partial charge on any atom is 0.0615 e. The van der Waals surface area contributed by atoms with Gasteiger partial charge in [-0.05, 0) is 12.8 Å². The average Bonchev–Trinajstić information content (AvgIpc) is 2.03. The maximum atomic E-state index is 8.39. The van der Waals surface area contributed by atoms with Gasteiger partial charge in [0.15, 0.2) is 0 Å². The third-order valence-corrected chi connectivity index (χ3v) is 1.46. The summed E-state index contributed by atoms with van der Waals surface area (Å²) in [7, 11) is 0. The summed E-state index contributed by atoms with van der Waals surface area (Å²) in [4.78, 5) is 0. The number of aliphatic hydroxyl groups excluding tert-OH is 1. The van der Waals surface area contributed by atoms with Crippen LogP contribution in [0.15, 0.2) is 24.3 Å². The topological polar surface area (TPSA) is 20.2 Å². The van der Waals surface area contributed by atoms with Crippen LogP contribution in [0.3, 0.4) is 0 Å². The van der Waals surface area contributed by atoms with Crippen molar-refractivity contribution < 1.29 is 49.2 Å². The van der Waals surface area contributed by atoms with Crippen LogP contribution >= 0.6 is 0 Å². The molecule has 0 rings (SSSR count). The zero-order chi connectivity index (χ0) is 8.36. The number of unbranched alkanes of at least 4 members (excludes halogenated alkanes) is 3. The maximum absolute atomic E-state index is 8.39. The van der Waals surface area contributed by atoms with Crippen molar-refractivity contribution in [3.8, 4) is 0 Å². The molecule has 0 aromatic heterocycles. The Kier molecular flexibility index (Phi) is 18.4. The Labute approximate surface area is 111 Å². The molecule has 0 amide bonds. The summed E-state index contributed by atoms with van der Waals surface area (Å²) in [6.07, 6.45) is 12.8. The van der Waals surface area contributed by atoms with E-state index in [-0.39, 0.29) is 50.7 Å². The summed E-state index contributed by atoms with van der Waals surface area (Å²) in [5.74, 6) is 0. The number of rotatable bonds is 6. The first-order chi connectivity index (χ1) is 5.41. The molecule has 0 aromatic carbocycles. The fourth-order valence-electron chi connectivity index (χ4n) is 0.826. The van der Waals surface area contributed by atoms with E-state index in [0.29, 0.717) is 0 Å². The van der Waals surface area contributed by atoms with Crippen LogP contribution < -0.4 is 0 Å². The molecule has 0 aliphatic rings. The summed E-state index contributed by atoms with van der Waals surface area (Å²) in [5.41, 5.74) is 0. The van der Waals surface area contributed by atoms with Gasteiger partial charge < -0.3 is 5.11 Å². The first-order valence-electron chi connectivity index (χ1n) is 4.34. The Morgan fingerprint density at radius 3 is 2.33 bits per heavy atom. The van der Waals surface area contributed by atoms with Crippen LogP contribution in [0.2, 0.25) is 0 Å². The van der Waals surface area contributed by atoms with E-state index in [1.165, 1.54) is 19.3 Å². The molecular formula is C10H18AcO. The molecule has 1 N–H and O–H groups in total. The van der Waals surface area contributed by atoms with Gasteiger partial charge in [-0.15, -0.1) is 0 Å². The second kappa shape index (κ2) is 14.4. The van der Waals surface area contributed by atoms with E-state index in [1.807, 2.05) is 12.2 Å². The summed E-state index contributed by atoms with van der Waals surface area (Å²) in [5, 5.41) is 8.39. The molecule has 0 spiro atoms. The van der Waals surface area contributed by atoms with Crippen LogP contribution in [-0.4, -0.2) is 11.7 Å². The van der Waals surface area contributed by atoms with Crippen molar-refractivity contribution in [2.24, 2.45) is 0 Å². The number of aliphatic hydroxyl groups is 1. The molecule has 0 saturated carbocycles. The molecule has 0 unspecified atom stereocenters. The molecule has 2 heteroatoms. The van der Waals surface area contributed by atoms with Gasteiger partial charge in [0.1, 0.15) is 0 Å². The second-order valence-electron chi connectivity index (χ2n) is 2.53. The van der Waals surface area contributed by atoms with Gasteiger partial charge in [-0.25, -0.2) is 0 Å². The minimum absolute atomic E-state index is 0. The zero-order valence-corrected chi connectivity index (χ0v) is 12.6. The fourth-order valence-corrected chi connectivity index (χ4v) is 0.826. The van der Waals surface area contributed by atoms with Crippen LogP contribution in [0.1, 0.15) is 32.6 Å². The molecule has 0 aromatic rings. The van der Waals surface area contributed by atoms with Crippen molar-refractivity contribution in [1.82, 2.24) is 0 Å². The van der Waals surface area contributed by atoms with E-state index < -0.39 is 0 Å². The van der Waals surface area contributed by atoms with Crippen molar-refractivity contribution >= 4 is 0 Å². The quantitative estimate of drug-likeness (QED) is 0.554. The Hall–Kier alpha value is 0.882. The second-order valence-corrected chi connectivity index (χ2v) is 2.53. The number of allylic oxidation sites excluding steroid dienone is 3. The van der Waals surface area contributed by atoms with Gasteiger partial charge >= 0.3 is 0 Å². The molecule has 1 radical (unpaired) electrons. The van der Waals surface area contributed by atoms with E-state index in [1.54, 1.807) is 6.08 Å². The van der Waals surface area contributed by atoms with Gasteiger partial charge in [0, 0.05) is 44.1 Å². The molecule has 0 aliphatic heterocycles. The third kappa shape index (κ3) is 13.5. The zero-order valence-electron chi connectivity index (χ0n) is 7.87. The number of hydrogen-bond acceptors (Lipinski definition) is 1. The molecule has 1 nitrogen and oxygen atoms in total. The van der Waals surface area contributed by atoms with Crippen LogP contribution in [0, 0.1) is 44.1 Å². The fraction of sp³-hybridized carbons (Fsp3) is 0.600. The first-order valence-corrected chi connectivity index (χ1v) is 4.34. The molecular weight excluding hydrogens is 363 g/mol. The molecule has 0 bridgehead atoms. The Morgan fingerprint density at radius 2 is 1.75 bits per heavy atom. The number of hydrogen-bond donors (Lipinski definition) is 1. The van der Waals surface area contributed by atoms with Gasteiger partial charge in [-0.1, -0.05) is 44.1 Å². The average molecular weight is 381 g/mol. The van der Waals surface area contributed by atoms with E-state index >= 15 is 0 Å². The standard InChI is InChI=1S/C10H18O.Ac/c1-2-3-4-5-6-7-8-9-10-11;/h6-9,11H,2-5,10H2,1H3;/b7-6-,9-8+;. The molecule has 0 fully saturated rings. The van der Waals surface area contributed by atoms with Crippen molar-refractivity contribution in [3.63, 3.8) is 0 Å². The normalized spacial score (nSPS) is 10.8. The van der Waals surface area contributed by atoms with E-state index in [4.69, 9.17) is 5.11 Å². The third-order valence-electron chi connectivity index (χ3n) is 1.46. The van der Waals surface area contributed by atoms with Crippen molar-refractivity contribution in [2.75, 3.05) is 6.61 Å². The van der Waals surface area contributed by atoms with E-state index in [9.17, 15) is 0 Å². The van der Waals surface area contributed by atoms with Crippen LogP contribution in [0.4, 0.5) is 0 Å². The van der Waals surface area contributed by atoms with Gasteiger partial charge in [0.25, 0.3) is 0 Å². The summed E-state index contributed by atoms with van der Waals surface area (Å²) in [6.45, 7) is 2.34. The van der Waals surface area contributed by atoms with Crippen LogP contribution in [0.25, 0.3) is 0 Å². The molecule has 0 saturated heterocycles. The summed E-state index contributed by atoms with van der Waals surface area (Å²) in [6, 6.07) is 0. The van der Waals surface area contributed by atoms with Gasteiger partial charge in [-0.2, -0.15) is 0 Å². The molecule has 12 heavy (non-hydrogen) atoms. The van der Waals surface area contributed by atoms with Crippen LogP contribution in [-0.2, 0) is 0 Å². The Balaban J connectivity index is 0. The Bertz CT molecular complexity index is 119. The summed E-state index contributed by atoms with van der Waals surface area (Å²) < 4.78 is 0. The monoisotopic (exact) mass is 381 g/mol. The van der Waals surface area contributed by atoms with Gasteiger partial charge in [0.2, 0.25) is 0 Å². The van der Waals surface area contributed by atoms with Crippen LogP contribution in [0.5, 0.6) is 0 Å². The predicted octanol–water partition coefficient (Wildman–Crippen LogP) is 2.67. The predicted molar refractivity (Wildman–Crippen MR) is 49.5 cm³/mol. The molecule has 0 heterocycles. The smallest absolute Gasteiger partial charge is 0.0615 e. The van der Waals surface area contributed by atoms with Crippen molar-refractivity contribution in [1.29, 1.82) is 0 Å². The van der Waals surface area contributed by atoms with Crippen molar-refractivity contribution in [3.05, 3.63) is 24.3 Å². The molecule has 0 atom stereocenters. The van der Waals surface area contributed by atoms with Gasteiger partial charge in [-0.3, -0.25) is 0 Å². The minimum Gasteiger partial charge on any atom is -0.392 e. The van der Waals surface area contributed by atoms with Gasteiger partial charge in [0.05, 0.1) is 6.61 Å².